The van der Waals surface area contributed by atoms with E-state index in [0.29, 0.717) is 29.6 Å². The Morgan fingerprint density at radius 3 is 2.52 bits per heavy atom. The zero-order valence-electron chi connectivity index (χ0n) is 16.8. The molecule has 1 N–H and O–H groups in total. The van der Waals surface area contributed by atoms with Crippen molar-refractivity contribution in [2.24, 2.45) is 5.92 Å². The van der Waals surface area contributed by atoms with Crippen LogP contribution in [0.5, 0.6) is 0 Å². The maximum Gasteiger partial charge on any atom is 0.322 e. The van der Waals surface area contributed by atoms with E-state index in [1.165, 1.54) is 28.6 Å². The standard InChI is InChI=1S/C21H21ClN4O4S/c1-14-3-2-12-26(13-14)31(28,29)18-10-6-15(7-11-18)19(27)23-21-25-24-20(30-21)16-4-8-17(22)9-5-16/h4-11,14H,2-3,12-13H2,1H3,(H,23,25,27). The van der Waals surface area contributed by atoms with Gasteiger partial charge in [-0.1, -0.05) is 23.6 Å². The number of hydrogen-bond acceptors (Lipinski definition) is 6. The average molecular weight is 461 g/mol. The lowest BCUT2D eigenvalue weighted by Crippen LogP contribution is -2.39. The van der Waals surface area contributed by atoms with Crippen molar-refractivity contribution in [3.63, 3.8) is 0 Å². The summed E-state index contributed by atoms with van der Waals surface area (Å²) in [4.78, 5) is 12.7. The number of rotatable bonds is 5. The van der Waals surface area contributed by atoms with Crippen LogP contribution in [-0.4, -0.2) is 41.9 Å². The number of carbonyl (C=O) groups excluding carboxylic acids is 1. The quantitative estimate of drug-likeness (QED) is 0.615. The zero-order chi connectivity index (χ0) is 22.0. The summed E-state index contributed by atoms with van der Waals surface area (Å²) >= 11 is 5.87. The molecule has 1 atom stereocenters. The molecule has 1 amide bonds. The summed E-state index contributed by atoms with van der Waals surface area (Å²) in [6, 6.07) is 12.6. The third-order valence-corrected chi connectivity index (χ3v) is 7.24. The molecule has 0 saturated carbocycles. The minimum absolute atomic E-state index is 0.0612. The van der Waals surface area contributed by atoms with E-state index in [4.69, 9.17) is 16.0 Å². The fraction of sp³-hybridized carbons (Fsp3) is 0.286. The van der Waals surface area contributed by atoms with E-state index in [0.717, 1.165) is 12.8 Å². The van der Waals surface area contributed by atoms with Gasteiger partial charge in [-0.2, -0.15) is 4.31 Å². The number of benzene rings is 2. The molecule has 0 radical (unpaired) electrons. The van der Waals surface area contributed by atoms with Crippen LogP contribution in [-0.2, 0) is 10.0 Å². The molecule has 4 rings (SSSR count). The number of anilines is 1. The van der Waals surface area contributed by atoms with E-state index >= 15 is 0 Å². The van der Waals surface area contributed by atoms with E-state index in [2.05, 4.69) is 15.5 Å². The van der Waals surface area contributed by atoms with E-state index < -0.39 is 15.9 Å². The summed E-state index contributed by atoms with van der Waals surface area (Å²) in [6.07, 6.45) is 1.88. The van der Waals surface area contributed by atoms with Crippen molar-refractivity contribution in [3.8, 4) is 11.5 Å². The molecule has 0 aliphatic carbocycles. The van der Waals surface area contributed by atoms with Gasteiger partial charge < -0.3 is 4.42 Å². The van der Waals surface area contributed by atoms with Gasteiger partial charge in [-0.3, -0.25) is 10.1 Å². The fourth-order valence-corrected chi connectivity index (χ4v) is 5.17. The van der Waals surface area contributed by atoms with Crippen molar-refractivity contribution in [1.29, 1.82) is 0 Å². The predicted molar refractivity (Wildman–Crippen MR) is 116 cm³/mol. The number of aromatic nitrogens is 2. The highest BCUT2D eigenvalue weighted by atomic mass is 35.5. The normalized spacial score (nSPS) is 17.4. The Hall–Kier alpha value is -2.75. The highest BCUT2D eigenvalue weighted by molar-refractivity contribution is 7.89. The third kappa shape index (κ3) is 4.79. The first kappa shape index (κ1) is 21.5. The van der Waals surface area contributed by atoms with Gasteiger partial charge in [0.2, 0.25) is 15.9 Å². The van der Waals surface area contributed by atoms with Crippen LogP contribution in [0.2, 0.25) is 5.02 Å². The van der Waals surface area contributed by atoms with Crippen molar-refractivity contribution in [2.75, 3.05) is 18.4 Å². The maximum absolute atomic E-state index is 12.8. The van der Waals surface area contributed by atoms with Gasteiger partial charge in [0.15, 0.2) is 0 Å². The summed E-state index contributed by atoms with van der Waals surface area (Å²) in [7, 11) is -3.58. The molecule has 10 heteroatoms. The Balaban J connectivity index is 1.45. The number of carbonyl (C=O) groups is 1. The molecule has 2 heterocycles. The minimum Gasteiger partial charge on any atom is -0.403 e. The summed E-state index contributed by atoms with van der Waals surface area (Å²) in [6.45, 7) is 3.07. The van der Waals surface area contributed by atoms with Crippen LogP contribution in [0, 0.1) is 5.92 Å². The smallest absolute Gasteiger partial charge is 0.322 e. The second-order valence-corrected chi connectivity index (χ2v) is 9.88. The van der Waals surface area contributed by atoms with Gasteiger partial charge >= 0.3 is 6.01 Å². The van der Waals surface area contributed by atoms with Crippen molar-refractivity contribution in [2.45, 2.75) is 24.7 Å². The molecule has 0 bridgehead atoms. The number of amides is 1. The van der Waals surface area contributed by atoms with Crippen LogP contribution >= 0.6 is 11.6 Å². The number of hydrogen-bond donors (Lipinski definition) is 1. The van der Waals surface area contributed by atoms with Gasteiger partial charge in [0.25, 0.3) is 5.91 Å². The van der Waals surface area contributed by atoms with Crippen LogP contribution < -0.4 is 5.32 Å². The van der Waals surface area contributed by atoms with Crippen LogP contribution in [0.3, 0.4) is 0 Å². The predicted octanol–water partition coefficient (Wildman–Crippen LogP) is 4.06. The Labute approximate surface area is 185 Å². The molecule has 162 valence electrons. The Kier molecular flexibility index (Phi) is 6.08. The molecule has 2 aromatic carbocycles. The molecule has 1 saturated heterocycles. The number of sulfonamides is 1. The lowest BCUT2D eigenvalue weighted by Gasteiger charge is -2.30. The second kappa shape index (κ2) is 8.78. The first-order valence-corrected chi connectivity index (χ1v) is 11.7. The van der Waals surface area contributed by atoms with Crippen molar-refractivity contribution >= 4 is 33.5 Å². The van der Waals surface area contributed by atoms with Crippen molar-refractivity contribution in [3.05, 3.63) is 59.1 Å². The minimum atomic E-state index is -3.58. The second-order valence-electron chi connectivity index (χ2n) is 7.51. The lowest BCUT2D eigenvalue weighted by atomic mass is 10.0. The van der Waals surface area contributed by atoms with E-state index in [1.54, 1.807) is 24.3 Å². The number of piperidine rings is 1. The molecule has 1 fully saturated rings. The monoisotopic (exact) mass is 460 g/mol. The van der Waals surface area contributed by atoms with Gasteiger partial charge in [-0.15, -0.1) is 5.10 Å². The Bertz CT molecular complexity index is 1180. The molecular formula is C21H21ClN4O4S. The third-order valence-electron chi connectivity index (χ3n) is 5.11. The summed E-state index contributed by atoms with van der Waals surface area (Å²) in [5, 5.41) is 10.8. The fourth-order valence-electron chi connectivity index (χ4n) is 3.44. The molecule has 1 aliphatic heterocycles. The van der Waals surface area contributed by atoms with Crippen LogP contribution in [0.4, 0.5) is 6.01 Å². The summed E-state index contributed by atoms with van der Waals surface area (Å²) in [5.74, 6) is 0.0896. The highest BCUT2D eigenvalue weighted by Gasteiger charge is 2.28. The first-order valence-electron chi connectivity index (χ1n) is 9.84. The molecule has 1 aliphatic rings. The van der Waals surface area contributed by atoms with E-state index in [9.17, 15) is 13.2 Å². The molecule has 1 aromatic heterocycles. The van der Waals surface area contributed by atoms with Gasteiger partial charge in [-0.25, -0.2) is 8.42 Å². The summed E-state index contributed by atoms with van der Waals surface area (Å²) in [5.41, 5.74) is 0.941. The van der Waals surface area contributed by atoms with Crippen LogP contribution in [0.15, 0.2) is 57.8 Å². The van der Waals surface area contributed by atoms with E-state index in [-0.39, 0.29) is 22.4 Å². The van der Waals surface area contributed by atoms with Gasteiger partial charge in [-0.05, 0) is 67.3 Å². The van der Waals surface area contributed by atoms with Crippen LogP contribution in [0.25, 0.3) is 11.5 Å². The molecule has 31 heavy (non-hydrogen) atoms. The van der Waals surface area contributed by atoms with Gasteiger partial charge in [0.05, 0.1) is 4.90 Å². The SMILES string of the molecule is CC1CCCN(S(=O)(=O)c2ccc(C(=O)Nc3nnc(-c4ccc(Cl)cc4)o3)cc2)C1. The molecule has 8 nitrogen and oxygen atoms in total. The van der Waals surface area contributed by atoms with Crippen molar-refractivity contribution in [1.82, 2.24) is 14.5 Å². The van der Waals surface area contributed by atoms with Gasteiger partial charge in [0, 0.05) is 29.2 Å². The number of nitrogens with one attached hydrogen (secondary N) is 1. The topological polar surface area (TPSA) is 105 Å². The lowest BCUT2D eigenvalue weighted by molar-refractivity contribution is 0.102. The van der Waals surface area contributed by atoms with Crippen LogP contribution in [0.1, 0.15) is 30.1 Å². The Morgan fingerprint density at radius 2 is 1.84 bits per heavy atom. The molecular weight excluding hydrogens is 440 g/mol. The van der Waals surface area contributed by atoms with E-state index in [1.807, 2.05) is 6.92 Å². The average Bonchev–Trinajstić information content (AvgIpc) is 3.22. The number of halogens is 1. The molecule has 0 spiro atoms. The van der Waals surface area contributed by atoms with Gasteiger partial charge in [0.1, 0.15) is 0 Å². The van der Waals surface area contributed by atoms with Crippen molar-refractivity contribution < 1.29 is 17.6 Å². The Morgan fingerprint density at radius 1 is 1.13 bits per heavy atom. The summed E-state index contributed by atoms with van der Waals surface area (Å²) < 4.78 is 32.7. The molecule has 3 aromatic rings. The number of nitrogens with zero attached hydrogens (tertiary/aromatic N) is 3. The largest absolute Gasteiger partial charge is 0.403 e. The highest BCUT2D eigenvalue weighted by Crippen LogP contribution is 2.24. The first-order chi connectivity index (χ1) is 14.8. The maximum atomic E-state index is 12.8. The zero-order valence-corrected chi connectivity index (χ0v) is 18.4. The molecule has 1 unspecified atom stereocenters.